The Bertz CT molecular complexity index is 424. The molecular weight excluding hydrogens is 277 g/mol. The Labute approximate surface area is 101 Å². The summed E-state index contributed by atoms with van der Waals surface area (Å²) in [7, 11) is 1.41. The topological polar surface area (TPSA) is 29.5 Å². The zero-order valence-corrected chi connectivity index (χ0v) is 10.3. The van der Waals surface area contributed by atoms with Gasteiger partial charge in [-0.3, -0.25) is 4.79 Å². The average molecular weight is 288 g/mol. The van der Waals surface area contributed by atoms with Crippen LogP contribution in [0.1, 0.15) is 6.42 Å². The number of halogens is 2. The molecule has 0 aromatic heterocycles. The molecule has 1 atom stereocenters. The molecule has 1 heterocycles. The molecule has 1 aliphatic heterocycles. The minimum atomic E-state index is -0.453. The van der Waals surface area contributed by atoms with E-state index >= 15 is 0 Å². The minimum absolute atomic E-state index is 0.0235. The number of rotatable bonds is 2. The third kappa shape index (κ3) is 1.91. The zero-order valence-electron chi connectivity index (χ0n) is 8.74. The Morgan fingerprint density at radius 1 is 1.56 bits per heavy atom. The molecule has 1 fully saturated rings. The van der Waals surface area contributed by atoms with Crippen LogP contribution in [0.5, 0.6) is 5.75 Å². The van der Waals surface area contributed by atoms with Gasteiger partial charge in [-0.2, -0.15) is 0 Å². The lowest BCUT2D eigenvalue weighted by Gasteiger charge is -2.16. The molecule has 0 radical (unpaired) electrons. The Morgan fingerprint density at radius 2 is 2.31 bits per heavy atom. The van der Waals surface area contributed by atoms with E-state index in [-0.39, 0.29) is 16.5 Å². The van der Waals surface area contributed by atoms with Gasteiger partial charge in [-0.05, 0) is 18.6 Å². The number of hydrogen-bond acceptors (Lipinski definition) is 2. The fourth-order valence-corrected chi connectivity index (χ4v) is 2.18. The van der Waals surface area contributed by atoms with Crippen molar-refractivity contribution in [2.24, 2.45) is 0 Å². The molecule has 0 N–H and O–H groups in total. The van der Waals surface area contributed by atoms with Gasteiger partial charge in [-0.15, -0.1) is 0 Å². The molecule has 5 heteroatoms. The molecule has 86 valence electrons. The molecule has 0 saturated carbocycles. The SMILES string of the molecule is COc1ccc(N2CCC(Br)C2=O)cc1F. The number of anilines is 1. The predicted octanol–water partition coefficient (Wildman–Crippen LogP) is 2.33. The number of hydrogen-bond donors (Lipinski definition) is 0. The molecular formula is C11H11BrFNO2. The number of ether oxygens (including phenoxy) is 1. The van der Waals surface area contributed by atoms with Crippen molar-refractivity contribution in [3.63, 3.8) is 0 Å². The monoisotopic (exact) mass is 287 g/mol. The highest BCUT2D eigenvalue weighted by molar-refractivity contribution is 9.10. The smallest absolute Gasteiger partial charge is 0.240 e. The first-order chi connectivity index (χ1) is 7.63. The van der Waals surface area contributed by atoms with Crippen molar-refractivity contribution in [1.29, 1.82) is 0 Å². The molecule has 1 unspecified atom stereocenters. The third-order valence-corrected chi connectivity index (χ3v) is 3.44. The highest BCUT2D eigenvalue weighted by Crippen LogP contribution is 2.28. The highest BCUT2D eigenvalue weighted by Gasteiger charge is 2.30. The summed E-state index contributed by atoms with van der Waals surface area (Å²) >= 11 is 3.28. The van der Waals surface area contributed by atoms with Gasteiger partial charge in [-0.25, -0.2) is 4.39 Å². The van der Waals surface area contributed by atoms with Gasteiger partial charge in [0.1, 0.15) is 0 Å². The largest absolute Gasteiger partial charge is 0.494 e. The van der Waals surface area contributed by atoms with E-state index in [9.17, 15) is 9.18 Å². The van der Waals surface area contributed by atoms with Crippen molar-refractivity contribution in [1.82, 2.24) is 0 Å². The lowest BCUT2D eigenvalue weighted by molar-refractivity contribution is -0.116. The quantitative estimate of drug-likeness (QED) is 0.782. The van der Waals surface area contributed by atoms with Crippen LogP contribution in [-0.2, 0) is 4.79 Å². The maximum atomic E-state index is 13.5. The van der Waals surface area contributed by atoms with Crippen LogP contribution in [0.25, 0.3) is 0 Å². The first kappa shape index (κ1) is 11.4. The van der Waals surface area contributed by atoms with E-state index in [0.29, 0.717) is 12.2 Å². The molecule has 1 aromatic rings. The van der Waals surface area contributed by atoms with E-state index in [1.54, 1.807) is 11.0 Å². The normalized spacial score (nSPS) is 20.3. The summed E-state index contributed by atoms with van der Waals surface area (Å²) in [6.07, 6.45) is 0.743. The highest BCUT2D eigenvalue weighted by atomic mass is 79.9. The summed E-state index contributed by atoms with van der Waals surface area (Å²) in [5, 5.41) is 0. The second-order valence-electron chi connectivity index (χ2n) is 3.56. The molecule has 3 nitrogen and oxygen atoms in total. The fraction of sp³-hybridized carbons (Fsp3) is 0.364. The van der Waals surface area contributed by atoms with Gasteiger partial charge >= 0.3 is 0 Å². The second kappa shape index (κ2) is 4.41. The van der Waals surface area contributed by atoms with Crippen molar-refractivity contribution in [3.8, 4) is 5.75 Å². The summed E-state index contributed by atoms with van der Waals surface area (Å²) in [5.74, 6) is -0.291. The van der Waals surface area contributed by atoms with Gasteiger partial charge in [0.15, 0.2) is 11.6 Å². The first-order valence-corrected chi connectivity index (χ1v) is 5.84. The van der Waals surface area contributed by atoms with Crippen molar-refractivity contribution in [2.45, 2.75) is 11.2 Å². The zero-order chi connectivity index (χ0) is 11.7. The van der Waals surface area contributed by atoms with Crippen LogP contribution in [0.3, 0.4) is 0 Å². The molecule has 0 spiro atoms. The number of benzene rings is 1. The van der Waals surface area contributed by atoms with E-state index in [1.807, 2.05) is 0 Å². The molecule has 1 aromatic carbocycles. The second-order valence-corrected chi connectivity index (χ2v) is 4.67. The summed E-state index contributed by atoms with van der Waals surface area (Å²) in [4.78, 5) is 13.1. The minimum Gasteiger partial charge on any atom is -0.494 e. The number of carbonyl (C=O) groups is 1. The maximum absolute atomic E-state index is 13.5. The Morgan fingerprint density at radius 3 is 2.81 bits per heavy atom. The number of alkyl halides is 1. The first-order valence-electron chi connectivity index (χ1n) is 4.92. The lowest BCUT2D eigenvalue weighted by Crippen LogP contribution is -2.27. The predicted molar refractivity (Wildman–Crippen MR) is 62.6 cm³/mol. The van der Waals surface area contributed by atoms with Gasteiger partial charge in [0.25, 0.3) is 0 Å². The Balaban J connectivity index is 2.28. The standard InChI is InChI=1S/C11H11BrFNO2/c1-16-10-3-2-7(6-9(10)13)14-5-4-8(12)11(14)15/h2-3,6,8H,4-5H2,1H3. The van der Waals surface area contributed by atoms with E-state index in [1.165, 1.54) is 19.2 Å². The third-order valence-electron chi connectivity index (χ3n) is 2.59. The fourth-order valence-electron chi connectivity index (χ4n) is 1.72. The molecule has 2 rings (SSSR count). The number of nitrogens with zero attached hydrogens (tertiary/aromatic N) is 1. The molecule has 1 amide bonds. The van der Waals surface area contributed by atoms with E-state index in [2.05, 4.69) is 15.9 Å². The summed E-state index contributed by atoms with van der Waals surface area (Å²) < 4.78 is 18.3. The van der Waals surface area contributed by atoms with Crippen LogP contribution in [0.4, 0.5) is 10.1 Å². The maximum Gasteiger partial charge on any atom is 0.240 e. The number of carbonyl (C=O) groups excluding carboxylic acids is 1. The average Bonchev–Trinajstić information content (AvgIpc) is 2.60. The Hall–Kier alpha value is -1.10. The van der Waals surface area contributed by atoms with Crippen molar-refractivity contribution >= 4 is 27.5 Å². The number of amides is 1. The molecule has 1 saturated heterocycles. The van der Waals surface area contributed by atoms with Gasteiger partial charge in [-0.1, -0.05) is 15.9 Å². The lowest BCUT2D eigenvalue weighted by atomic mass is 10.2. The van der Waals surface area contributed by atoms with Crippen LogP contribution in [0.2, 0.25) is 0 Å². The van der Waals surface area contributed by atoms with Gasteiger partial charge < -0.3 is 9.64 Å². The van der Waals surface area contributed by atoms with E-state index < -0.39 is 5.82 Å². The van der Waals surface area contributed by atoms with Crippen LogP contribution in [0.15, 0.2) is 18.2 Å². The van der Waals surface area contributed by atoms with Crippen LogP contribution < -0.4 is 9.64 Å². The summed E-state index contributed by atoms with van der Waals surface area (Å²) in [5.41, 5.74) is 0.574. The molecule has 0 bridgehead atoms. The van der Waals surface area contributed by atoms with E-state index in [4.69, 9.17) is 4.74 Å². The Kier molecular flexibility index (Phi) is 3.14. The molecule has 0 aliphatic carbocycles. The van der Waals surface area contributed by atoms with Crippen molar-refractivity contribution in [3.05, 3.63) is 24.0 Å². The van der Waals surface area contributed by atoms with Crippen LogP contribution in [0, 0.1) is 5.82 Å². The molecule has 16 heavy (non-hydrogen) atoms. The van der Waals surface area contributed by atoms with E-state index in [0.717, 1.165) is 6.42 Å². The molecule has 1 aliphatic rings. The van der Waals surface area contributed by atoms with Crippen LogP contribution in [-0.4, -0.2) is 24.4 Å². The van der Waals surface area contributed by atoms with Crippen molar-refractivity contribution < 1.29 is 13.9 Å². The summed E-state index contributed by atoms with van der Waals surface area (Å²) in [6, 6.07) is 4.53. The van der Waals surface area contributed by atoms with Crippen molar-refractivity contribution in [2.75, 3.05) is 18.6 Å². The van der Waals surface area contributed by atoms with Gasteiger partial charge in [0.05, 0.1) is 11.9 Å². The number of methoxy groups -OCH3 is 1. The van der Waals surface area contributed by atoms with Gasteiger partial charge in [0.2, 0.25) is 5.91 Å². The van der Waals surface area contributed by atoms with Gasteiger partial charge in [0, 0.05) is 18.3 Å². The summed E-state index contributed by atoms with van der Waals surface area (Å²) in [6.45, 7) is 0.612. The van der Waals surface area contributed by atoms with Crippen LogP contribution >= 0.6 is 15.9 Å².